The van der Waals surface area contributed by atoms with Crippen LogP contribution in [-0.4, -0.2) is 15.7 Å². The molecule has 0 fully saturated rings. The van der Waals surface area contributed by atoms with E-state index in [4.69, 9.17) is 4.74 Å². The van der Waals surface area contributed by atoms with E-state index in [-0.39, 0.29) is 6.10 Å². The molecule has 0 N–H and O–H groups in total. The summed E-state index contributed by atoms with van der Waals surface area (Å²) in [6.45, 7) is 6.03. The van der Waals surface area contributed by atoms with E-state index in [1.165, 1.54) is 0 Å². The quantitative estimate of drug-likeness (QED) is 0.858. The number of aryl methyl sites for hydroxylation is 1. The van der Waals surface area contributed by atoms with Gasteiger partial charge in [0, 0.05) is 12.6 Å². The highest BCUT2D eigenvalue weighted by molar-refractivity contribution is 9.10. The highest BCUT2D eigenvalue weighted by atomic mass is 79.9. The van der Waals surface area contributed by atoms with Crippen molar-refractivity contribution < 1.29 is 4.74 Å². The van der Waals surface area contributed by atoms with E-state index < -0.39 is 0 Å². The Balaban J connectivity index is 2.31. The van der Waals surface area contributed by atoms with Gasteiger partial charge in [-0.3, -0.25) is 0 Å². The fourth-order valence-electron chi connectivity index (χ4n) is 1.73. The van der Waals surface area contributed by atoms with Crippen molar-refractivity contribution in [3.8, 4) is 17.0 Å². The fourth-order valence-corrected chi connectivity index (χ4v) is 2.31. The molecule has 1 aromatic carbocycles. The van der Waals surface area contributed by atoms with E-state index in [1.54, 1.807) is 0 Å². The highest BCUT2D eigenvalue weighted by Crippen LogP contribution is 2.29. The van der Waals surface area contributed by atoms with Crippen molar-refractivity contribution >= 4 is 15.9 Å². The standard InChI is InChI=1S/C14H17BrN2O/c1-9(2)18-12-7-5-11(6-8-12)13-14(15)17(4)10(3)16-13/h5-9H,1-4H3. The van der Waals surface area contributed by atoms with Gasteiger partial charge in [0.2, 0.25) is 0 Å². The summed E-state index contributed by atoms with van der Waals surface area (Å²) in [5.74, 6) is 1.87. The molecule has 0 aliphatic heterocycles. The van der Waals surface area contributed by atoms with Gasteiger partial charge in [0.05, 0.1) is 6.10 Å². The van der Waals surface area contributed by atoms with Crippen LogP contribution in [0.1, 0.15) is 19.7 Å². The van der Waals surface area contributed by atoms with E-state index in [0.29, 0.717) is 0 Å². The minimum Gasteiger partial charge on any atom is -0.491 e. The van der Waals surface area contributed by atoms with Crippen LogP contribution >= 0.6 is 15.9 Å². The molecule has 18 heavy (non-hydrogen) atoms. The zero-order chi connectivity index (χ0) is 13.3. The number of nitrogens with zero attached hydrogens (tertiary/aromatic N) is 2. The summed E-state index contributed by atoms with van der Waals surface area (Å²) in [5.41, 5.74) is 2.05. The van der Waals surface area contributed by atoms with E-state index in [0.717, 1.165) is 27.4 Å². The average Bonchev–Trinajstić information content (AvgIpc) is 2.57. The van der Waals surface area contributed by atoms with Crippen molar-refractivity contribution in [2.24, 2.45) is 7.05 Å². The Morgan fingerprint density at radius 1 is 1.22 bits per heavy atom. The van der Waals surface area contributed by atoms with Crippen LogP contribution in [0.25, 0.3) is 11.3 Å². The first kappa shape index (κ1) is 13.1. The van der Waals surface area contributed by atoms with E-state index in [2.05, 4.69) is 20.9 Å². The molecule has 96 valence electrons. The molecule has 0 aliphatic carbocycles. The molecule has 0 radical (unpaired) electrons. The van der Waals surface area contributed by atoms with Gasteiger partial charge in [-0.05, 0) is 61.0 Å². The Hall–Kier alpha value is -1.29. The summed E-state index contributed by atoms with van der Waals surface area (Å²) in [5, 5.41) is 0. The Bertz CT molecular complexity index is 544. The van der Waals surface area contributed by atoms with Gasteiger partial charge in [-0.25, -0.2) is 4.98 Å². The second-order valence-corrected chi connectivity index (χ2v) is 5.30. The SMILES string of the molecule is Cc1nc(-c2ccc(OC(C)C)cc2)c(Br)n1C. The smallest absolute Gasteiger partial charge is 0.119 e. The highest BCUT2D eigenvalue weighted by Gasteiger charge is 2.11. The monoisotopic (exact) mass is 308 g/mol. The first-order valence-electron chi connectivity index (χ1n) is 5.95. The largest absolute Gasteiger partial charge is 0.491 e. The normalized spacial score (nSPS) is 11.0. The number of imidazole rings is 1. The second kappa shape index (κ2) is 5.14. The zero-order valence-corrected chi connectivity index (χ0v) is 12.7. The predicted octanol–water partition coefficient (Wildman–Crippen LogP) is 3.95. The van der Waals surface area contributed by atoms with Crippen LogP contribution in [0.4, 0.5) is 0 Å². The number of aromatic nitrogens is 2. The lowest BCUT2D eigenvalue weighted by atomic mass is 10.1. The van der Waals surface area contributed by atoms with Gasteiger partial charge >= 0.3 is 0 Å². The van der Waals surface area contributed by atoms with Crippen LogP contribution in [0.2, 0.25) is 0 Å². The fraction of sp³-hybridized carbons (Fsp3) is 0.357. The van der Waals surface area contributed by atoms with Gasteiger partial charge in [0.25, 0.3) is 0 Å². The third-order valence-corrected chi connectivity index (χ3v) is 3.66. The maximum Gasteiger partial charge on any atom is 0.119 e. The first-order valence-corrected chi connectivity index (χ1v) is 6.74. The predicted molar refractivity (Wildman–Crippen MR) is 76.8 cm³/mol. The van der Waals surface area contributed by atoms with E-state index in [1.807, 2.05) is 56.7 Å². The number of ether oxygens (including phenoxy) is 1. The van der Waals surface area contributed by atoms with Gasteiger partial charge in [-0.2, -0.15) is 0 Å². The summed E-state index contributed by atoms with van der Waals surface area (Å²) in [4.78, 5) is 4.55. The lowest BCUT2D eigenvalue weighted by Crippen LogP contribution is -2.05. The Morgan fingerprint density at radius 2 is 1.83 bits per heavy atom. The molecular weight excluding hydrogens is 292 g/mol. The molecule has 0 saturated carbocycles. The molecule has 4 heteroatoms. The van der Waals surface area contributed by atoms with Crippen molar-refractivity contribution in [3.05, 3.63) is 34.7 Å². The molecule has 0 spiro atoms. The van der Waals surface area contributed by atoms with Crippen molar-refractivity contribution in [1.29, 1.82) is 0 Å². The van der Waals surface area contributed by atoms with Crippen molar-refractivity contribution in [1.82, 2.24) is 9.55 Å². The Morgan fingerprint density at radius 3 is 2.28 bits per heavy atom. The number of hydrogen-bond donors (Lipinski definition) is 0. The van der Waals surface area contributed by atoms with Crippen LogP contribution in [0.3, 0.4) is 0 Å². The summed E-state index contributed by atoms with van der Waals surface area (Å²) in [6.07, 6.45) is 0.194. The molecule has 1 aromatic heterocycles. The molecule has 0 aliphatic rings. The van der Waals surface area contributed by atoms with Crippen LogP contribution in [0.5, 0.6) is 5.75 Å². The van der Waals surface area contributed by atoms with Crippen molar-refractivity contribution in [2.75, 3.05) is 0 Å². The molecular formula is C14H17BrN2O. The van der Waals surface area contributed by atoms with Crippen molar-refractivity contribution in [3.63, 3.8) is 0 Å². The van der Waals surface area contributed by atoms with Gasteiger partial charge in [-0.1, -0.05) is 0 Å². The maximum absolute atomic E-state index is 5.63. The second-order valence-electron chi connectivity index (χ2n) is 4.55. The summed E-state index contributed by atoms with van der Waals surface area (Å²) in [6, 6.07) is 8.02. The molecule has 0 atom stereocenters. The Labute approximate surface area is 116 Å². The van der Waals surface area contributed by atoms with E-state index >= 15 is 0 Å². The average molecular weight is 309 g/mol. The zero-order valence-electron chi connectivity index (χ0n) is 11.1. The van der Waals surface area contributed by atoms with Crippen LogP contribution in [-0.2, 0) is 7.05 Å². The molecule has 0 bridgehead atoms. The first-order chi connectivity index (χ1) is 8.49. The van der Waals surface area contributed by atoms with Gasteiger partial charge in [-0.15, -0.1) is 0 Å². The molecule has 2 rings (SSSR count). The number of rotatable bonds is 3. The molecule has 0 amide bonds. The van der Waals surface area contributed by atoms with Crippen LogP contribution in [0, 0.1) is 6.92 Å². The topological polar surface area (TPSA) is 27.1 Å². The minimum atomic E-state index is 0.194. The molecule has 0 unspecified atom stereocenters. The lowest BCUT2D eigenvalue weighted by Gasteiger charge is -2.09. The Kier molecular flexibility index (Phi) is 3.76. The third kappa shape index (κ3) is 2.58. The summed E-state index contributed by atoms with van der Waals surface area (Å²) in [7, 11) is 1.99. The van der Waals surface area contributed by atoms with Crippen molar-refractivity contribution in [2.45, 2.75) is 26.9 Å². The molecule has 2 aromatic rings. The van der Waals surface area contributed by atoms with Gasteiger partial charge in [0.1, 0.15) is 21.9 Å². The maximum atomic E-state index is 5.63. The lowest BCUT2D eigenvalue weighted by molar-refractivity contribution is 0.242. The number of benzene rings is 1. The summed E-state index contributed by atoms with van der Waals surface area (Å²) < 4.78 is 8.65. The van der Waals surface area contributed by atoms with Crippen LogP contribution in [0.15, 0.2) is 28.9 Å². The third-order valence-electron chi connectivity index (χ3n) is 2.75. The van der Waals surface area contributed by atoms with Gasteiger partial charge in [0.15, 0.2) is 0 Å². The van der Waals surface area contributed by atoms with Gasteiger partial charge < -0.3 is 9.30 Å². The number of hydrogen-bond acceptors (Lipinski definition) is 2. The molecule has 1 heterocycles. The van der Waals surface area contributed by atoms with E-state index in [9.17, 15) is 0 Å². The molecule has 3 nitrogen and oxygen atoms in total. The molecule has 0 saturated heterocycles. The van der Waals surface area contributed by atoms with Crippen LogP contribution < -0.4 is 4.74 Å². The summed E-state index contributed by atoms with van der Waals surface area (Å²) >= 11 is 3.57. The number of halogens is 1. The minimum absolute atomic E-state index is 0.194.